The molecule has 1 unspecified atom stereocenters. The van der Waals surface area contributed by atoms with Crippen molar-refractivity contribution in [2.75, 3.05) is 13.2 Å². The van der Waals surface area contributed by atoms with Crippen molar-refractivity contribution in [1.29, 1.82) is 0 Å². The van der Waals surface area contributed by atoms with Crippen LogP contribution in [-0.2, 0) is 24.4 Å². The summed E-state index contributed by atoms with van der Waals surface area (Å²) in [7, 11) is 3.73. The Kier molecular flexibility index (Phi) is 5.18. The Bertz CT molecular complexity index is 1670. The van der Waals surface area contributed by atoms with Gasteiger partial charge in [0.15, 0.2) is 0 Å². The Balaban J connectivity index is 1.59. The molecule has 6 heterocycles. The van der Waals surface area contributed by atoms with Crippen LogP contribution in [0.3, 0.4) is 0 Å². The lowest BCUT2D eigenvalue weighted by atomic mass is 9.88. The van der Waals surface area contributed by atoms with Gasteiger partial charge >= 0.3 is 0 Å². The molecule has 0 amide bonds. The monoisotopic (exact) mass is 516 g/mol. The van der Waals surface area contributed by atoms with Gasteiger partial charge in [-0.15, -0.1) is 5.10 Å². The second-order valence-electron chi connectivity index (χ2n) is 10.6. The normalized spacial score (nSPS) is 18.4. The van der Waals surface area contributed by atoms with Crippen LogP contribution in [0.5, 0.6) is 0 Å². The van der Waals surface area contributed by atoms with Crippen molar-refractivity contribution < 1.29 is 14.2 Å². The maximum absolute atomic E-state index is 15.5. The Morgan fingerprint density at radius 2 is 1.92 bits per heavy atom. The minimum absolute atomic E-state index is 0.0672. The fourth-order valence-electron chi connectivity index (χ4n) is 6.09. The molecule has 0 bridgehead atoms. The maximum atomic E-state index is 15.5. The molecule has 38 heavy (non-hydrogen) atoms. The molecule has 7 rings (SSSR count). The van der Waals surface area contributed by atoms with E-state index in [1.807, 2.05) is 27.2 Å². The third-order valence-corrected chi connectivity index (χ3v) is 8.11. The molecule has 1 aliphatic heterocycles. The van der Waals surface area contributed by atoms with E-state index in [1.165, 1.54) is 6.07 Å². The van der Waals surface area contributed by atoms with E-state index in [4.69, 9.17) is 14.8 Å². The molecule has 10 nitrogen and oxygen atoms in total. The summed E-state index contributed by atoms with van der Waals surface area (Å²) >= 11 is 0. The van der Waals surface area contributed by atoms with Gasteiger partial charge in [0.2, 0.25) is 0 Å². The molecular formula is C27H29FN8O2. The predicted octanol–water partition coefficient (Wildman–Crippen LogP) is 3.56. The van der Waals surface area contributed by atoms with Crippen LogP contribution in [0.2, 0.25) is 0 Å². The molecule has 0 spiro atoms. The van der Waals surface area contributed by atoms with Gasteiger partial charge < -0.3 is 14.4 Å². The first-order chi connectivity index (χ1) is 18.4. The van der Waals surface area contributed by atoms with Crippen molar-refractivity contribution in [1.82, 2.24) is 39.3 Å². The summed E-state index contributed by atoms with van der Waals surface area (Å²) in [6, 6.07) is 4.71. The Morgan fingerprint density at radius 3 is 2.61 bits per heavy atom. The van der Waals surface area contributed by atoms with Crippen LogP contribution in [0.1, 0.15) is 48.8 Å². The van der Waals surface area contributed by atoms with Crippen molar-refractivity contribution in [3.05, 3.63) is 53.5 Å². The number of aromatic nitrogens is 8. The van der Waals surface area contributed by atoms with Gasteiger partial charge in [0, 0.05) is 45.3 Å². The zero-order valence-electron chi connectivity index (χ0n) is 21.6. The third kappa shape index (κ3) is 3.41. The third-order valence-electron chi connectivity index (χ3n) is 8.11. The lowest BCUT2D eigenvalue weighted by Crippen LogP contribution is -2.28. The number of ether oxygens (including phenoxy) is 1. The number of aliphatic hydroxyl groups is 1. The summed E-state index contributed by atoms with van der Waals surface area (Å²) in [6.45, 7) is 3.12. The Hall–Kier alpha value is -3.70. The minimum Gasteiger partial charge on any atom is -0.383 e. The molecule has 1 aliphatic carbocycles. The predicted molar refractivity (Wildman–Crippen MR) is 138 cm³/mol. The first-order valence-electron chi connectivity index (χ1n) is 13.0. The second-order valence-corrected chi connectivity index (χ2v) is 10.6. The van der Waals surface area contributed by atoms with E-state index in [2.05, 4.69) is 25.9 Å². The van der Waals surface area contributed by atoms with E-state index in [0.717, 1.165) is 51.9 Å². The number of hydrogen-bond donors (Lipinski definition) is 1. The van der Waals surface area contributed by atoms with Crippen molar-refractivity contribution in [3.63, 3.8) is 0 Å². The first kappa shape index (κ1) is 23.4. The van der Waals surface area contributed by atoms with Crippen LogP contribution in [0, 0.1) is 18.7 Å². The number of hydrogen-bond acceptors (Lipinski definition) is 7. The molecule has 0 aromatic carbocycles. The molecular weight excluding hydrogens is 487 g/mol. The zero-order chi connectivity index (χ0) is 26.2. The van der Waals surface area contributed by atoms with Gasteiger partial charge in [-0.25, -0.2) is 9.07 Å². The summed E-state index contributed by atoms with van der Waals surface area (Å²) < 4.78 is 26.9. The van der Waals surface area contributed by atoms with Crippen LogP contribution in [0.15, 0.2) is 30.6 Å². The van der Waals surface area contributed by atoms with Crippen molar-refractivity contribution in [3.8, 4) is 11.3 Å². The van der Waals surface area contributed by atoms with Gasteiger partial charge in [-0.1, -0.05) is 5.21 Å². The molecule has 1 saturated heterocycles. The number of aryl methyl sites for hydroxylation is 3. The van der Waals surface area contributed by atoms with E-state index in [-0.39, 0.29) is 11.7 Å². The second kappa shape index (κ2) is 8.40. The Morgan fingerprint density at radius 1 is 1.13 bits per heavy atom. The molecule has 196 valence electrons. The number of fused-ring (bicyclic) bond motifs is 3. The number of halogens is 1. The van der Waals surface area contributed by atoms with Crippen molar-refractivity contribution in [2.24, 2.45) is 20.0 Å². The van der Waals surface area contributed by atoms with E-state index in [1.54, 1.807) is 21.6 Å². The topological polar surface area (TPSA) is 109 Å². The van der Waals surface area contributed by atoms with E-state index in [0.29, 0.717) is 37.4 Å². The van der Waals surface area contributed by atoms with Crippen LogP contribution >= 0.6 is 0 Å². The summed E-state index contributed by atoms with van der Waals surface area (Å²) in [5, 5.41) is 24.5. The summed E-state index contributed by atoms with van der Waals surface area (Å²) in [6.07, 6.45) is 6.26. The average molecular weight is 517 g/mol. The number of nitrogens with zero attached hydrogens (tertiary/aromatic N) is 8. The average Bonchev–Trinajstić information content (AvgIpc) is 3.27. The molecule has 2 fully saturated rings. The standard InChI is InChI=1S/C27H29FN8O2/c1-15-22(35(3)33-31-15)17-13-19-21(30-14-17)24-25(26(32-34(24)2)27(37)8-9-27)36(19)23(16-6-11-38-12-7-16)20-18(28)5-4-10-29-20/h4-5,10,13-14,16,23,37H,6-9,11-12H2,1-3H3. The fourth-order valence-corrected chi connectivity index (χ4v) is 6.09. The highest BCUT2D eigenvalue weighted by molar-refractivity contribution is 6.06. The van der Waals surface area contributed by atoms with Crippen molar-refractivity contribution in [2.45, 2.75) is 44.2 Å². The van der Waals surface area contributed by atoms with Crippen LogP contribution < -0.4 is 0 Å². The van der Waals surface area contributed by atoms with Gasteiger partial charge in [-0.3, -0.25) is 14.6 Å². The van der Waals surface area contributed by atoms with Gasteiger partial charge in [-0.05, 0) is 56.7 Å². The lowest BCUT2D eigenvalue weighted by Gasteiger charge is -2.32. The highest BCUT2D eigenvalue weighted by atomic mass is 19.1. The van der Waals surface area contributed by atoms with Crippen LogP contribution in [0.4, 0.5) is 4.39 Å². The van der Waals surface area contributed by atoms with Crippen LogP contribution in [-0.4, -0.2) is 57.6 Å². The van der Waals surface area contributed by atoms with Crippen LogP contribution in [0.25, 0.3) is 33.3 Å². The summed E-state index contributed by atoms with van der Waals surface area (Å²) in [5.74, 6) is -0.289. The molecule has 1 atom stereocenters. The minimum atomic E-state index is -1.00. The lowest BCUT2D eigenvalue weighted by molar-refractivity contribution is 0.0542. The molecule has 11 heteroatoms. The van der Waals surface area contributed by atoms with E-state index < -0.39 is 11.6 Å². The molecule has 1 N–H and O–H groups in total. The highest BCUT2D eigenvalue weighted by Gasteiger charge is 2.48. The maximum Gasteiger partial charge on any atom is 0.146 e. The largest absolute Gasteiger partial charge is 0.383 e. The van der Waals surface area contributed by atoms with Gasteiger partial charge in [0.05, 0.1) is 34.2 Å². The fraction of sp³-hybridized carbons (Fsp3) is 0.444. The quantitative estimate of drug-likeness (QED) is 0.381. The smallest absolute Gasteiger partial charge is 0.146 e. The molecule has 5 aromatic rings. The van der Waals surface area contributed by atoms with Gasteiger partial charge in [-0.2, -0.15) is 5.10 Å². The molecule has 1 saturated carbocycles. The Labute approximate surface area is 218 Å². The van der Waals surface area contributed by atoms with E-state index >= 15 is 4.39 Å². The number of pyridine rings is 2. The summed E-state index contributed by atoms with van der Waals surface area (Å²) in [5.41, 5.74) is 5.68. The van der Waals surface area contributed by atoms with E-state index in [9.17, 15) is 5.11 Å². The number of rotatable bonds is 5. The zero-order valence-corrected chi connectivity index (χ0v) is 21.6. The SMILES string of the molecule is Cc1nnn(C)c1-c1cnc2c3c(c(C4(O)CC4)nn3C)n(C(c3ncccc3F)C3CCOCC3)c2c1. The first-order valence-corrected chi connectivity index (χ1v) is 13.0. The highest BCUT2D eigenvalue weighted by Crippen LogP contribution is 2.50. The molecule has 2 aliphatic rings. The molecule has 0 radical (unpaired) electrons. The summed E-state index contributed by atoms with van der Waals surface area (Å²) in [4.78, 5) is 9.48. The van der Waals surface area contributed by atoms with Crippen molar-refractivity contribution >= 4 is 22.1 Å². The van der Waals surface area contributed by atoms with Gasteiger partial charge in [0.25, 0.3) is 0 Å². The molecule has 5 aromatic heterocycles. The van der Waals surface area contributed by atoms with Gasteiger partial charge in [0.1, 0.15) is 28.1 Å².